The van der Waals surface area contributed by atoms with E-state index in [0.717, 1.165) is 33.0 Å². The molecule has 3 nitrogen and oxygen atoms in total. The maximum atomic E-state index is 5.11. The SMILES string of the molecule is c1ccc2c(c1)-c1ccccc1C21c2ccccc2-c2ccc(-c3ccc(-c4nc(-c5ccc6ccccc6c5)nc(-c5ccc6ccccc6c5)n4)cc3)cc21. The van der Waals surface area contributed by atoms with Crippen molar-refractivity contribution < 1.29 is 0 Å². The molecule has 1 aromatic heterocycles. The van der Waals surface area contributed by atoms with Gasteiger partial charge in [0.25, 0.3) is 0 Å². The molecule has 0 atom stereocenters. The number of fused-ring (bicyclic) bond motifs is 12. The zero-order chi connectivity index (χ0) is 37.5. The highest BCUT2D eigenvalue weighted by Gasteiger charge is 2.51. The van der Waals surface area contributed by atoms with Gasteiger partial charge in [0.15, 0.2) is 17.5 Å². The van der Waals surface area contributed by atoms with E-state index >= 15 is 0 Å². The van der Waals surface area contributed by atoms with Crippen LogP contribution in [-0.4, -0.2) is 15.0 Å². The molecule has 3 heteroatoms. The predicted molar refractivity (Wildman–Crippen MR) is 233 cm³/mol. The second kappa shape index (κ2) is 12.3. The molecule has 1 heterocycles. The van der Waals surface area contributed by atoms with E-state index in [1.54, 1.807) is 0 Å². The zero-order valence-corrected chi connectivity index (χ0v) is 30.9. The summed E-state index contributed by atoms with van der Waals surface area (Å²) in [5, 5.41) is 4.67. The lowest BCUT2D eigenvalue weighted by Crippen LogP contribution is -2.25. The molecule has 2 aliphatic carbocycles. The molecule has 0 amide bonds. The molecule has 1 spiro atoms. The standard InChI is InChI=1S/C54H33N3/c1-3-13-38-31-41(27-23-34(38)11-1)52-55-51(56-53(57-52)42-28-24-35-12-2-4-14-39(35)32-42)37-25-21-36(22-26-37)40-29-30-46-45-17-7-10-20-49(45)54(50(46)33-40)47-18-8-5-15-43(47)44-16-6-9-19-48(44)54/h1-33H. The number of aromatic nitrogens is 3. The summed E-state index contributed by atoms with van der Waals surface area (Å²) in [6, 6.07) is 72.3. The van der Waals surface area contributed by atoms with Crippen LogP contribution >= 0.6 is 0 Å². The van der Waals surface area contributed by atoms with Crippen molar-refractivity contribution in [3.05, 3.63) is 222 Å². The van der Waals surface area contributed by atoms with Crippen LogP contribution in [0.25, 0.3) is 89.1 Å². The summed E-state index contributed by atoms with van der Waals surface area (Å²) < 4.78 is 0. The van der Waals surface area contributed by atoms with Gasteiger partial charge in [-0.15, -0.1) is 0 Å². The Morgan fingerprint density at radius 3 is 1.12 bits per heavy atom. The maximum absolute atomic E-state index is 5.11. The Labute approximate surface area is 330 Å². The first-order valence-corrected chi connectivity index (χ1v) is 19.5. The minimum atomic E-state index is -0.377. The van der Waals surface area contributed by atoms with Crippen LogP contribution in [0.3, 0.4) is 0 Å². The van der Waals surface area contributed by atoms with Gasteiger partial charge < -0.3 is 0 Å². The van der Waals surface area contributed by atoms with Crippen molar-refractivity contribution in [1.29, 1.82) is 0 Å². The third kappa shape index (κ3) is 4.76. The van der Waals surface area contributed by atoms with Crippen LogP contribution in [-0.2, 0) is 5.41 Å². The lowest BCUT2D eigenvalue weighted by atomic mass is 9.70. The molecule has 0 bridgehead atoms. The Hall–Kier alpha value is -7.49. The third-order valence-electron chi connectivity index (χ3n) is 12.1. The quantitative estimate of drug-likeness (QED) is 0.181. The molecule has 10 aromatic rings. The first-order valence-electron chi connectivity index (χ1n) is 19.5. The molecule has 0 aliphatic heterocycles. The molecule has 0 saturated carbocycles. The van der Waals surface area contributed by atoms with Crippen LogP contribution in [0.1, 0.15) is 22.3 Å². The molecular formula is C54H33N3. The number of benzene rings is 9. The lowest BCUT2D eigenvalue weighted by Gasteiger charge is -2.30. The largest absolute Gasteiger partial charge is 0.208 e. The zero-order valence-electron chi connectivity index (χ0n) is 30.9. The minimum absolute atomic E-state index is 0.377. The van der Waals surface area contributed by atoms with Gasteiger partial charge in [0.05, 0.1) is 5.41 Å². The number of nitrogens with zero attached hydrogens (tertiary/aromatic N) is 3. The van der Waals surface area contributed by atoms with Gasteiger partial charge in [-0.05, 0) is 95.4 Å². The van der Waals surface area contributed by atoms with E-state index in [0.29, 0.717) is 17.5 Å². The van der Waals surface area contributed by atoms with Gasteiger partial charge in [-0.3, -0.25) is 0 Å². The molecule has 0 unspecified atom stereocenters. The molecule has 2 aliphatic rings. The second-order valence-corrected chi connectivity index (χ2v) is 15.2. The monoisotopic (exact) mass is 723 g/mol. The molecule has 0 radical (unpaired) electrons. The van der Waals surface area contributed by atoms with Crippen LogP contribution in [0.5, 0.6) is 0 Å². The smallest absolute Gasteiger partial charge is 0.164 e. The van der Waals surface area contributed by atoms with Gasteiger partial charge in [0.1, 0.15) is 0 Å². The van der Waals surface area contributed by atoms with Crippen molar-refractivity contribution in [2.45, 2.75) is 5.41 Å². The first kappa shape index (κ1) is 31.8. The van der Waals surface area contributed by atoms with E-state index in [1.807, 2.05) is 0 Å². The van der Waals surface area contributed by atoms with Gasteiger partial charge in [-0.25, -0.2) is 15.0 Å². The molecule has 0 fully saturated rings. The van der Waals surface area contributed by atoms with Crippen LogP contribution in [0, 0.1) is 0 Å². The molecule has 264 valence electrons. The Balaban J connectivity index is 0.985. The fraction of sp³-hybridized carbons (Fsp3) is 0.0185. The second-order valence-electron chi connectivity index (χ2n) is 15.2. The van der Waals surface area contributed by atoms with Gasteiger partial charge in [0.2, 0.25) is 0 Å². The molecular weight excluding hydrogens is 691 g/mol. The Morgan fingerprint density at radius 2 is 0.614 bits per heavy atom. The molecule has 9 aromatic carbocycles. The minimum Gasteiger partial charge on any atom is -0.208 e. The van der Waals surface area contributed by atoms with Crippen molar-refractivity contribution >= 4 is 21.5 Å². The van der Waals surface area contributed by atoms with Crippen molar-refractivity contribution in [2.24, 2.45) is 0 Å². The predicted octanol–water partition coefficient (Wildman–Crippen LogP) is 13.2. The van der Waals surface area contributed by atoms with Crippen molar-refractivity contribution in [1.82, 2.24) is 15.0 Å². The molecule has 0 saturated heterocycles. The normalized spacial score (nSPS) is 13.1. The van der Waals surface area contributed by atoms with E-state index < -0.39 is 0 Å². The van der Waals surface area contributed by atoms with E-state index in [2.05, 4.69) is 200 Å². The number of hydrogen-bond donors (Lipinski definition) is 0. The van der Waals surface area contributed by atoms with Crippen LogP contribution in [0.2, 0.25) is 0 Å². The summed E-state index contributed by atoms with van der Waals surface area (Å²) in [4.78, 5) is 15.3. The van der Waals surface area contributed by atoms with Crippen LogP contribution < -0.4 is 0 Å². The van der Waals surface area contributed by atoms with Crippen molar-refractivity contribution in [2.75, 3.05) is 0 Å². The van der Waals surface area contributed by atoms with Crippen molar-refractivity contribution in [3.8, 4) is 67.5 Å². The summed E-state index contributed by atoms with van der Waals surface area (Å²) in [7, 11) is 0. The Kier molecular flexibility index (Phi) is 6.84. The first-order chi connectivity index (χ1) is 28.2. The van der Waals surface area contributed by atoms with Gasteiger partial charge in [-0.2, -0.15) is 0 Å². The maximum Gasteiger partial charge on any atom is 0.164 e. The highest BCUT2D eigenvalue weighted by atomic mass is 15.0. The van der Waals surface area contributed by atoms with E-state index in [9.17, 15) is 0 Å². The molecule has 12 rings (SSSR count). The Morgan fingerprint density at radius 1 is 0.246 bits per heavy atom. The summed E-state index contributed by atoms with van der Waals surface area (Å²) in [6.45, 7) is 0. The highest BCUT2D eigenvalue weighted by Crippen LogP contribution is 2.63. The average Bonchev–Trinajstić information content (AvgIpc) is 3.76. The number of hydrogen-bond acceptors (Lipinski definition) is 3. The third-order valence-corrected chi connectivity index (χ3v) is 12.1. The summed E-state index contributed by atoms with van der Waals surface area (Å²) >= 11 is 0. The fourth-order valence-electron chi connectivity index (χ4n) is 9.51. The van der Waals surface area contributed by atoms with E-state index in [-0.39, 0.29) is 5.41 Å². The van der Waals surface area contributed by atoms with Gasteiger partial charge in [-0.1, -0.05) is 182 Å². The molecule has 57 heavy (non-hydrogen) atoms. The van der Waals surface area contributed by atoms with Crippen LogP contribution in [0.4, 0.5) is 0 Å². The topological polar surface area (TPSA) is 38.7 Å². The molecule has 0 N–H and O–H groups in total. The lowest BCUT2D eigenvalue weighted by molar-refractivity contribution is 0.794. The highest BCUT2D eigenvalue weighted by molar-refractivity contribution is 5.96. The van der Waals surface area contributed by atoms with Gasteiger partial charge >= 0.3 is 0 Å². The van der Waals surface area contributed by atoms with Crippen LogP contribution in [0.15, 0.2) is 200 Å². The summed E-state index contributed by atoms with van der Waals surface area (Å²) in [6.07, 6.45) is 0. The van der Waals surface area contributed by atoms with Gasteiger partial charge in [0, 0.05) is 16.7 Å². The summed E-state index contributed by atoms with van der Waals surface area (Å²) in [5.74, 6) is 1.95. The van der Waals surface area contributed by atoms with E-state index in [4.69, 9.17) is 15.0 Å². The summed E-state index contributed by atoms with van der Waals surface area (Å²) in [5.41, 5.74) is 15.4. The number of rotatable bonds is 4. The fourth-order valence-corrected chi connectivity index (χ4v) is 9.51. The Bertz CT molecular complexity index is 3090. The van der Waals surface area contributed by atoms with Crippen molar-refractivity contribution in [3.63, 3.8) is 0 Å². The average molecular weight is 724 g/mol. The van der Waals surface area contributed by atoms with E-state index in [1.165, 1.54) is 60.8 Å².